The minimum atomic E-state index is -0.774. The number of hydrogen-bond donors (Lipinski definition) is 2. The Morgan fingerprint density at radius 1 is 1.38 bits per heavy atom. The molecule has 0 bridgehead atoms. The monoisotopic (exact) mass is 350 g/mol. The van der Waals surface area contributed by atoms with Crippen LogP contribution < -0.4 is 5.32 Å². The molecule has 2 aromatic rings. The first-order valence-electron chi connectivity index (χ1n) is 7.50. The molecule has 0 aliphatic heterocycles. The molecule has 0 aliphatic carbocycles. The molecule has 2 rings (SSSR count). The van der Waals surface area contributed by atoms with Crippen LogP contribution in [0.5, 0.6) is 0 Å². The van der Waals surface area contributed by atoms with E-state index in [-0.39, 0.29) is 12.0 Å². The van der Waals surface area contributed by atoms with E-state index in [9.17, 15) is 9.50 Å². The summed E-state index contributed by atoms with van der Waals surface area (Å²) < 4.78 is 13.8. The molecule has 1 atom stereocenters. The Kier molecular flexibility index (Phi) is 5.81. The topological polar surface area (TPSA) is 63.0 Å². The van der Waals surface area contributed by atoms with Gasteiger partial charge in [-0.2, -0.15) is 5.10 Å². The van der Waals surface area contributed by atoms with Crippen molar-refractivity contribution in [2.45, 2.75) is 33.5 Å². The van der Waals surface area contributed by atoms with Crippen molar-refractivity contribution in [3.05, 3.63) is 40.9 Å². The van der Waals surface area contributed by atoms with Gasteiger partial charge in [0, 0.05) is 17.8 Å². The predicted octanol–water partition coefficient (Wildman–Crippen LogP) is 3.08. The second kappa shape index (κ2) is 7.65. The Morgan fingerprint density at radius 2 is 2.12 bits per heavy atom. The Bertz CT molecular complexity index is 758. The fourth-order valence-corrected chi connectivity index (χ4v) is 1.95. The molecule has 0 saturated heterocycles. The number of aliphatic hydroxyl groups excluding tert-OH is 1. The first kappa shape index (κ1) is 18.2. The van der Waals surface area contributed by atoms with E-state index in [1.165, 1.54) is 4.68 Å². The number of aryl methyl sites for hydroxylation is 1. The van der Waals surface area contributed by atoms with Crippen LogP contribution in [0.4, 0.5) is 10.1 Å². The van der Waals surface area contributed by atoms with Gasteiger partial charge in [0.25, 0.3) is 0 Å². The number of rotatable bonds is 4. The van der Waals surface area contributed by atoms with E-state index in [0.717, 1.165) is 0 Å². The molecule has 0 spiro atoms. The van der Waals surface area contributed by atoms with E-state index in [1.807, 2.05) is 20.8 Å². The van der Waals surface area contributed by atoms with Crippen molar-refractivity contribution in [3.8, 4) is 11.8 Å². The van der Waals surface area contributed by atoms with Crippen LogP contribution in [0.25, 0.3) is 0 Å². The van der Waals surface area contributed by atoms with Gasteiger partial charge in [-0.15, -0.1) is 0 Å². The zero-order valence-electron chi connectivity index (χ0n) is 13.8. The van der Waals surface area contributed by atoms with Crippen molar-refractivity contribution in [3.63, 3.8) is 0 Å². The van der Waals surface area contributed by atoms with Gasteiger partial charge in [0.15, 0.2) is 0 Å². The van der Waals surface area contributed by atoms with Gasteiger partial charge in [-0.05, 0) is 6.07 Å². The van der Waals surface area contributed by atoms with Crippen molar-refractivity contribution in [2.24, 2.45) is 5.41 Å². The first-order valence-corrected chi connectivity index (χ1v) is 7.88. The maximum atomic E-state index is 12.3. The lowest BCUT2D eigenvalue weighted by atomic mass is 9.94. The summed E-state index contributed by atoms with van der Waals surface area (Å²) in [5.74, 6) is 5.93. The van der Waals surface area contributed by atoms with Crippen LogP contribution >= 0.6 is 11.6 Å². The average Bonchev–Trinajstić information content (AvgIpc) is 2.93. The van der Waals surface area contributed by atoms with Crippen molar-refractivity contribution in [1.82, 2.24) is 14.8 Å². The summed E-state index contributed by atoms with van der Waals surface area (Å²) in [6.07, 6.45) is 4.01. The van der Waals surface area contributed by atoms with E-state index in [1.54, 1.807) is 24.7 Å². The molecule has 0 fully saturated rings. The molecule has 0 saturated carbocycles. The van der Waals surface area contributed by atoms with Gasteiger partial charge in [0.05, 0.1) is 29.6 Å². The molecule has 2 aromatic heterocycles. The molecule has 1 unspecified atom stereocenters. The van der Waals surface area contributed by atoms with Crippen LogP contribution in [-0.4, -0.2) is 32.8 Å². The highest BCUT2D eigenvalue weighted by Crippen LogP contribution is 2.24. The van der Waals surface area contributed by atoms with Gasteiger partial charge in [0.2, 0.25) is 0 Å². The predicted molar refractivity (Wildman–Crippen MR) is 92.5 cm³/mol. The first-order chi connectivity index (χ1) is 11.3. The normalized spacial score (nSPS) is 12.4. The Morgan fingerprint density at radius 3 is 2.79 bits per heavy atom. The second-order valence-corrected chi connectivity index (χ2v) is 6.78. The third kappa shape index (κ3) is 4.95. The summed E-state index contributed by atoms with van der Waals surface area (Å²) in [7, 11) is 0. The SMILES string of the molecule is CC(C)(C)C(O)Nc1cc(Cl)ncc1C#Cc1cnn(CCF)c1. The van der Waals surface area contributed by atoms with Gasteiger partial charge in [-0.25, -0.2) is 9.37 Å². The molecule has 2 N–H and O–H groups in total. The van der Waals surface area contributed by atoms with Crippen molar-refractivity contribution >= 4 is 17.3 Å². The van der Waals surface area contributed by atoms with Gasteiger partial charge < -0.3 is 10.4 Å². The lowest BCUT2D eigenvalue weighted by Crippen LogP contribution is -2.33. The number of aliphatic hydroxyl groups is 1. The number of pyridine rings is 1. The molecule has 0 aliphatic rings. The van der Waals surface area contributed by atoms with Gasteiger partial charge >= 0.3 is 0 Å². The summed E-state index contributed by atoms with van der Waals surface area (Å²) >= 11 is 5.94. The number of alkyl halides is 1. The molecule has 0 radical (unpaired) electrons. The summed E-state index contributed by atoms with van der Waals surface area (Å²) in [6.45, 7) is 5.47. The average molecular weight is 351 g/mol. The fraction of sp³-hybridized carbons (Fsp3) is 0.412. The summed E-state index contributed by atoms with van der Waals surface area (Å²) in [5, 5.41) is 17.6. The summed E-state index contributed by atoms with van der Waals surface area (Å²) in [4.78, 5) is 4.03. The third-order valence-corrected chi connectivity index (χ3v) is 3.48. The van der Waals surface area contributed by atoms with E-state index < -0.39 is 12.9 Å². The lowest BCUT2D eigenvalue weighted by Gasteiger charge is -2.27. The third-order valence-electron chi connectivity index (χ3n) is 3.27. The van der Waals surface area contributed by atoms with Gasteiger partial charge in [-0.3, -0.25) is 4.68 Å². The molecule has 2 heterocycles. The largest absolute Gasteiger partial charge is 0.373 e. The molecule has 0 amide bonds. The van der Waals surface area contributed by atoms with Crippen molar-refractivity contribution in [1.29, 1.82) is 0 Å². The summed E-state index contributed by atoms with van der Waals surface area (Å²) in [5.41, 5.74) is 1.51. The smallest absolute Gasteiger partial charge is 0.131 e. The Labute approximate surface area is 145 Å². The molecular weight excluding hydrogens is 331 g/mol. The zero-order chi connectivity index (χ0) is 17.7. The van der Waals surface area contributed by atoms with Crippen molar-refractivity contribution in [2.75, 3.05) is 12.0 Å². The number of aromatic nitrogens is 3. The Balaban J connectivity index is 2.25. The quantitative estimate of drug-likeness (QED) is 0.505. The molecule has 7 heteroatoms. The van der Waals surface area contributed by atoms with Crippen molar-refractivity contribution < 1.29 is 9.50 Å². The standard InChI is InChI=1S/C17H20ClFN4O/c1-17(2,3)16(24)22-14-8-15(18)20-10-13(14)5-4-12-9-21-23(11-12)7-6-19/h8-11,16,24H,6-7H2,1-3H3,(H,20,22). The van der Waals surface area contributed by atoms with E-state index in [4.69, 9.17) is 11.6 Å². The highest BCUT2D eigenvalue weighted by molar-refractivity contribution is 6.29. The van der Waals surface area contributed by atoms with Crippen LogP contribution in [0, 0.1) is 17.3 Å². The van der Waals surface area contributed by atoms with Crippen LogP contribution in [0.2, 0.25) is 5.15 Å². The number of anilines is 1. The number of hydrogen-bond acceptors (Lipinski definition) is 4. The Hall–Kier alpha value is -2.10. The molecule has 24 heavy (non-hydrogen) atoms. The van der Waals surface area contributed by atoms with Gasteiger partial charge in [0.1, 0.15) is 18.1 Å². The van der Waals surface area contributed by atoms with Crippen LogP contribution in [-0.2, 0) is 6.54 Å². The van der Waals surface area contributed by atoms with Crippen LogP contribution in [0.3, 0.4) is 0 Å². The maximum Gasteiger partial charge on any atom is 0.131 e. The fourth-order valence-electron chi connectivity index (χ4n) is 1.79. The molecule has 0 aromatic carbocycles. The number of nitrogens with zero attached hydrogens (tertiary/aromatic N) is 3. The highest BCUT2D eigenvalue weighted by Gasteiger charge is 2.22. The number of halogens is 2. The van der Waals surface area contributed by atoms with Gasteiger partial charge in [-0.1, -0.05) is 44.2 Å². The zero-order valence-corrected chi connectivity index (χ0v) is 14.6. The van der Waals surface area contributed by atoms with E-state index in [2.05, 4.69) is 27.2 Å². The lowest BCUT2D eigenvalue weighted by molar-refractivity contribution is 0.0880. The van der Waals surface area contributed by atoms with Crippen LogP contribution in [0.1, 0.15) is 31.9 Å². The number of nitrogens with one attached hydrogen (secondary N) is 1. The molecule has 128 valence electrons. The minimum Gasteiger partial charge on any atom is -0.373 e. The summed E-state index contributed by atoms with van der Waals surface area (Å²) in [6, 6.07) is 1.62. The highest BCUT2D eigenvalue weighted by atomic mass is 35.5. The molecule has 5 nitrogen and oxygen atoms in total. The van der Waals surface area contributed by atoms with E-state index >= 15 is 0 Å². The molecular formula is C17H20ClFN4O. The second-order valence-electron chi connectivity index (χ2n) is 6.40. The maximum absolute atomic E-state index is 12.3. The minimum absolute atomic E-state index is 0.203. The van der Waals surface area contributed by atoms with Crippen LogP contribution in [0.15, 0.2) is 24.7 Å². The van der Waals surface area contributed by atoms with E-state index in [0.29, 0.717) is 22.0 Å².